The molecular weight excluding hydrogens is 252 g/mol. The first-order valence-electron chi connectivity index (χ1n) is 6.93. The maximum absolute atomic E-state index is 11.8. The molecule has 0 aliphatic heterocycles. The van der Waals surface area contributed by atoms with Gasteiger partial charge in [-0.2, -0.15) is 0 Å². The number of carbonyl (C=O) groups is 1. The molecule has 2 aromatic rings. The Morgan fingerprint density at radius 2 is 2.10 bits per heavy atom. The van der Waals surface area contributed by atoms with E-state index in [1.807, 2.05) is 25.1 Å². The van der Waals surface area contributed by atoms with Crippen LogP contribution in [-0.4, -0.2) is 40.5 Å². The van der Waals surface area contributed by atoms with Crippen LogP contribution in [-0.2, 0) is 17.9 Å². The van der Waals surface area contributed by atoms with Crippen LogP contribution in [0.25, 0.3) is 11.0 Å². The van der Waals surface area contributed by atoms with Crippen molar-refractivity contribution in [2.24, 2.45) is 0 Å². The van der Waals surface area contributed by atoms with E-state index in [9.17, 15) is 4.79 Å². The van der Waals surface area contributed by atoms with Crippen LogP contribution in [0.15, 0.2) is 24.3 Å². The minimum atomic E-state index is -0.213. The van der Waals surface area contributed by atoms with Crippen LogP contribution in [0.1, 0.15) is 19.7 Å². The molecule has 20 heavy (non-hydrogen) atoms. The molecule has 108 valence electrons. The van der Waals surface area contributed by atoms with Crippen molar-refractivity contribution in [1.82, 2.24) is 19.8 Å². The summed E-state index contributed by atoms with van der Waals surface area (Å²) in [7, 11) is 3.53. The maximum Gasteiger partial charge on any atom is 0.238 e. The van der Waals surface area contributed by atoms with Crippen LogP contribution in [0.4, 0.5) is 0 Å². The van der Waals surface area contributed by atoms with Crippen LogP contribution < -0.4 is 5.32 Å². The summed E-state index contributed by atoms with van der Waals surface area (Å²) in [6.07, 6.45) is 0. The highest BCUT2D eigenvalue weighted by Crippen LogP contribution is 2.15. The van der Waals surface area contributed by atoms with Gasteiger partial charge in [-0.25, -0.2) is 4.98 Å². The van der Waals surface area contributed by atoms with Gasteiger partial charge in [0.25, 0.3) is 0 Å². The lowest BCUT2D eigenvalue weighted by Crippen LogP contribution is -2.41. The van der Waals surface area contributed by atoms with Crippen LogP contribution in [0, 0.1) is 0 Å². The van der Waals surface area contributed by atoms with Crippen molar-refractivity contribution < 1.29 is 4.79 Å². The third-order valence-electron chi connectivity index (χ3n) is 3.43. The number of likely N-dealkylation sites (N-methyl/N-ethyl adjacent to an activating group) is 1. The van der Waals surface area contributed by atoms with Gasteiger partial charge < -0.3 is 9.47 Å². The highest BCUT2D eigenvalue weighted by Gasteiger charge is 2.16. The van der Waals surface area contributed by atoms with Crippen LogP contribution in [0.5, 0.6) is 0 Å². The minimum Gasteiger partial charge on any atom is -0.347 e. The Balaban J connectivity index is 2.16. The molecule has 1 amide bonds. The number of nitrogens with one attached hydrogen (secondary N) is 1. The van der Waals surface area contributed by atoms with Crippen molar-refractivity contribution in [3.8, 4) is 0 Å². The second kappa shape index (κ2) is 6.05. The molecule has 0 fully saturated rings. The van der Waals surface area contributed by atoms with E-state index in [0.717, 1.165) is 23.4 Å². The van der Waals surface area contributed by atoms with E-state index in [4.69, 9.17) is 0 Å². The summed E-state index contributed by atoms with van der Waals surface area (Å²) in [6, 6.07) is 7.88. The second-order valence-electron chi connectivity index (χ2n) is 5.10. The smallest absolute Gasteiger partial charge is 0.238 e. The summed E-state index contributed by atoms with van der Waals surface area (Å²) in [5.74, 6) is 1.04. The van der Waals surface area contributed by atoms with Gasteiger partial charge in [0.05, 0.1) is 23.6 Å². The molecule has 1 aromatic heterocycles. The van der Waals surface area contributed by atoms with Crippen molar-refractivity contribution in [1.29, 1.82) is 0 Å². The summed E-state index contributed by atoms with van der Waals surface area (Å²) in [4.78, 5) is 18.1. The summed E-state index contributed by atoms with van der Waals surface area (Å²) in [5.41, 5.74) is 2.14. The Hall–Kier alpha value is -1.88. The molecule has 0 saturated heterocycles. The summed E-state index contributed by atoms with van der Waals surface area (Å²) in [6.45, 7) is 5.43. The molecule has 0 aliphatic rings. The molecule has 1 aromatic carbocycles. The Labute approximate surface area is 119 Å². The zero-order valence-corrected chi connectivity index (χ0v) is 12.6. The number of hydrogen-bond acceptors (Lipinski definition) is 3. The van der Waals surface area contributed by atoms with Gasteiger partial charge in [-0.15, -0.1) is 0 Å². The molecule has 0 radical (unpaired) electrons. The van der Waals surface area contributed by atoms with Gasteiger partial charge >= 0.3 is 0 Å². The molecule has 0 saturated carbocycles. The van der Waals surface area contributed by atoms with Gasteiger partial charge in [-0.1, -0.05) is 12.1 Å². The van der Waals surface area contributed by atoms with E-state index in [1.165, 1.54) is 0 Å². The predicted molar refractivity (Wildman–Crippen MR) is 80.4 cm³/mol. The van der Waals surface area contributed by atoms with Gasteiger partial charge in [-0.3, -0.25) is 10.1 Å². The molecule has 0 bridgehead atoms. The molecule has 1 unspecified atom stereocenters. The fraction of sp³-hybridized carbons (Fsp3) is 0.467. The average molecular weight is 274 g/mol. The van der Waals surface area contributed by atoms with Crippen molar-refractivity contribution in [3.63, 3.8) is 0 Å². The fourth-order valence-corrected chi connectivity index (χ4v) is 2.33. The quantitative estimate of drug-likeness (QED) is 0.901. The van der Waals surface area contributed by atoms with Gasteiger partial charge in [0.15, 0.2) is 0 Å². The van der Waals surface area contributed by atoms with Gasteiger partial charge in [-0.05, 0) is 26.0 Å². The number of fused-ring (bicyclic) bond motifs is 1. The number of hydrogen-bond donors (Lipinski definition) is 1. The number of amides is 1. The molecular formula is C15H22N4O. The second-order valence-corrected chi connectivity index (χ2v) is 5.10. The average Bonchev–Trinajstić information content (AvgIpc) is 2.81. The van der Waals surface area contributed by atoms with E-state index in [0.29, 0.717) is 6.54 Å². The Kier molecular flexibility index (Phi) is 4.39. The van der Waals surface area contributed by atoms with E-state index >= 15 is 0 Å². The van der Waals surface area contributed by atoms with Crippen molar-refractivity contribution >= 4 is 16.9 Å². The van der Waals surface area contributed by atoms with Crippen LogP contribution in [0.2, 0.25) is 0 Å². The van der Waals surface area contributed by atoms with E-state index in [2.05, 4.69) is 27.9 Å². The van der Waals surface area contributed by atoms with Crippen LogP contribution in [0.3, 0.4) is 0 Å². The first-order valence-corrected chi connectivity index (χ1v) is 6.93. The molecule has 5 nitrogen and oxygen atoms in total. The van der Waals surface area contributed by atoms with E-state index in [-0.39, 0.29) is 11.9 Å². The highest BCUT2D eigenvalue weighted by atomic mass is 16.2. The highest BCUT2D eigenvalue weighted by molar-refractivity contribution is 5.81. The molecule has 5 heteroatoms. The monoisotopic (exact) mass is 274 g/mol. The number of rotatable bonds is 5. The lowest BCUT2D eigenvalue weighted by atomic mass is 10.3. The fourth-order valence-electron chi connectivity index (χ4n) is 2.33. The largest absolute Gasteiger partial charge is 0.347 e. The molecule has 0 aliphatic carbocycles. The van der Waals surface area contributed by atoms with Crippen LogP contribution >= 0.6 is 0 Å². The lowest BCUT2D eigenvalue weighted by Gasteiger charge is -2.18. The normalized spacial score (nSPS) is 12.6. The van der Waals surface area contributed by atoms with Crippen molar-refractivity contribution in [3.05, 3.63) is 30.1 Å². The molecule has 1 heterocycles. The lowest BCUT2D eigenvalue weighted by molar-refractivity contribution is -0.130. The predicted octanol–water partition coefficient (Wildman–Crippen LogP) is 1.62. The van der Waals surface area contributed by atoms with Gasteiger partial charge in [0.1, 0.15) is 5.82 Å². The Morgan fingerprint density at radius 1 is 1.40 bits per heavy atom. The maximum atomic E-state index is 11.8. The standard InChI is InChI=1S/C15H22N4O/c1-5-19-13-9-7-6-8-12(13)17-14(19)10-16-11(2)15(20)18(3)4/h6-9,11,16H,5,10H2,1-4H3. The number of carbonyl (C=O) groups excluding carboxylic acids is 1. The number of aryl methyl sites for hydroxylation is 1. The molecule has 1 N–H and O–H groups in total. The first kappa shape index (κ1) is 14.5. The molecule has 0 spiro atoms. The number of imidazole rings is 1. The summed E-state index contributed by atoms with van der Waals surface area (Å²) >= 11 is 0. The number of aromatic nitrogens is 2. The first-order chi connectivity index (χ1) is 9.54. The molecule has 2 rings (SSSR count). The van der Waals surface area contributed by atoms with Crippen molar-refractivity contribution in [2.45, 2.75) is 33.0 Å². The number of para-hydroxylation sites is 2. The van der Waals surface area contributed by atoms with Crippen molar-refractivity contribution in [2.75, 3.05) is 14.1 Å². The Bertz CT molecular complexity index is 603. The van der Waals surface area contributed by atoms with E-state index < -0.39 is 0 Å². The van der Waals surface area contributed by atoms with Gasteiger partial charge in [0.2, 0.25) is 5.91 Å². The SMILES string of the molecule is CCn1c(CNC(C)C(=O)N(C)C)nc2ccccc21. The third-order valence-corrected chi connectivity index (χ3v) is 3.43. The summed E-state index contributed by atoms with van der Waals surface area (Å²) < 4.78 is 2.18. The minimum absolute atomic E-state index is 0.0733. The number of nitrogens with zero attached hydrogens (tertiary/aromatic N) is 3. The zero-order chi connectivity index (χ0) is 14.7. The summed E-state index contributed by atoms with van der Waals surface area (Å²) in [5, 5.41) is 3.24. The molecule has 1 atom stereocenters. The third kappa shape index (κ3) is 2.82. The van der Waals surface area contributed by atoms with E-state index in [1.54, 1.807) is 19.0 Å². The number of benzene rings is 1. The topological polar surface area (TPSA) is 50.2 Å². The van der Waals surface area contributed by atoms with Gasteiger partial charge in [0, 0.05) is 20.6 Å². The Morgan fingerprint density at radius 3 is 2.75 bits per heavy atom. The zero-order valence-electron chi connectivity index (χ0n) is 12.6.